The van der Waals surface area contributed by atoms with E-state index < -0.39 is 10.1 Å². The Morgan fingerprint density at radius 3 is 2.46 bits per heavy atom. The van der Waals surface area contributed by atoms with Crippen LogP contribution < -0.4 is 0 Å². The van der Waals surface area contributed by atoms with Crippen molar-refractivity contribution in [1.82, 2.24) is 0 Å². The van der Waals surface area contributed by atoms with Crippen LogP contribution in [0.4, 0.5) is 0 Å². The molecule has 0 aromatic heterocycles. The fraction of sp³-hybridized carbons (Fsp3) is 1.00. The highest BCUT2D eigenvalue weighted by Crippen LogP contribution is 2.24. The van der Waals surface area contributed by atoms with Gasteiger partial charge in [-0.25, -0.2) is 0 Å². The van der Waals surface area contributed by atoms with E-state index in [0.717, 1.165) is 25.9 Å². The molecule has 1 atom stereocenters. The van der Waals surface area contributed by atoms with E-state index in [1.807, 2.05) is 6.92 Å². The van der Waals surface area contributed by atoms with Crippen molar-refractivity contribution in [3.63, 3.8) is 0 Å². The molecule has 0 aromatic carbocycles. The van der Waals surface area contributed by atoms with Crippen LogP contribution in [0.3, 0.4) is 0 Å². The lowest BCUT2D eigenvalue weighted by molar-refractivity contribution is -0.0689. The van der Waals surface area contributed by atoms with Crippen molar-refractivity contribution in [1.29, 1.82) is 0 Å². The molecule has 1 rings (SSSR count). The summed E-state index contributed by atoms with van der Waals surface area (Å²) in [7, 11) is -3.29. The lowest BCUT2D eigenvalue weighted by Gasteiger charge is -2.32. The van der Waals surface area contributed by atoms with Gasteiger partial charge < -0.3 is 4.74 Å². The van der Waals surface area contributed by atoms with Crippen molar-refractivity contribution in [3.05, 3.63) is 0 Å². The molecule has 0 radical (unpaired) electrons. The van der Waals surface area contributed by atoms with Crippen molar-refractivity contribution in [2.24, 2.45) is 11.8 Å². The molecule has 1 fully saturated rings. The summed E-state index contributed by atoms with van der Waals surface area (Å²) in [4.78, 5) is 0. The predicted molar refractivity (Wildman–Crippen MR) is 48.9 cm³/mol. The van der Waals surface area contributed by atoms with Gasteiger partial charge in [-0.2, -0.15) is 8.42 Å². The molecule has 0 aliphatic carbocycles. The highest BCUT2D eigenvalue weighted by Gasteiger charge is 2.27. The minimum Gasteiger partial charge on any atom is -0.381 e. The van der Waals surface area contributed by atoms with Gasteiger partial charge in [0.25, 0.3) is 10.1 Å². The molecule has 0 bridgehead atoms. The summed E-state index contributed by atoms with van der Waals surface area (Å²) in [6.45, 7) is 3.81. The Balaban J connectivity index is 2.31. The number of rotatable bonds is 5. The van der Waals surface area contributed by atoms with Gasteiger partial charge in [0.05, 0.1) is 26.1 Å². The molecule has 0 amide bonds. The molecule has 0 spiro atoms. The van der Waals surface area contributed by atoms with E-state index in [1.54, 1.807) is 0 Å². The van der Waals surface area contributed by atoms with Crippen LogP contribution in [0.2, 0.25) is 0 Å². The highest BCUT2D eigenvalue weighted by atomic mass is 32.2. The van der Waals surface area contributed by atoms with E-state index in [-0.39, 0.29) is 0 Å². The number of hydrogen-bond acceptors (Lipinski definition) is 4. The van der Waals surface area contributed by atoms with Gasteiger partial charge in [0.15, 0.2) is 0 Å². The second-order valence-corrected chi connectivity index (χ2v) is 5.10. The van der Waals surface area contributed by atoms with Crippen LogP contribution >= 0.6 is 0 Å². The third-order valence-electron chi connectivity index (χ3n) is 2.35. The molecule has 1 heterocycles. The number of ether oxygens (including phenoxy) is 1. The van der Waals surface area contributed by atoms with Gasteiger partial charge in [0.1, 0.15) is 0 Å². The third-order valence-corrected chi connectivity index (χ3v) is 2.92. The maximum Gasteiger partial charge on any atom is 0.264 e. The van der Waals surface area contributed by atoms with Crippen LogP contribution in [0.5, 0.6) is 0 Å². The van der Waals surface area contributed by atoms with Gasteiger partial charge >= 0.3 is 0 Å². The largest absolute Gasteiger partial charge is 0.381 e. The fourth-order valence-electron chi connectivity index (χ4n) is 1.32. The summed E-state index contributed by atoms with van der Waals surface area (Å²) in [5.41, 5.74) is 0. The summed E-state index contributed by atoms with van der Waals surface area (Å²) in [5.74, 6) is 0.787. The normalized spacial score (nSPS) is 21.1. The van der Waals surface area contributed by atoms with Gasteiger partial charge in [-0.3, -0.25) is 4.18 Å². The fourth-order valence-corrected chi connectivity index (χ4v) is 1.75. The van der Waals surface area contributed by atoms with Crippen LogP contribution in [0, 0.1) is 11.8 Å². The van der Waals surface area contributed by atoms with E-state index >= 15 is 0 Å². The van der Waals surface area contributed by atoms with Crippen molar-refractivity contribution in [3.8, 4) is 0 Å². The quantitative estimate of drug-likeness (QED) is 0.622. The Morgan fingerprint density at radius 1 is 1.54 bits per heavy atom. The molecule has 13 heavy (non-hydrogen) atoms. The lowest BCUT2D eigenvalue weighted by atomic mass is 9.89. The smallest absolute Gasteiger partial charge is 0.264 e. The summed E-state index contributed by atoms with van der Waals surface area (Å²) in [5, 5.41) is 0. The van der Waals surface area contributed by atoms with Crippen LogP contribution in [0.15, 0.2) is 0 Å². The Kier molecular flexibility index (Phi) is 3.70. The summed E-state index contributed by atoms with van der Waals surface area (Å²) < 4.78 is 31.3. The standard InChI is InChI=1S/C8H16O4S/c1-3-7(8-4-11-5-8)6-12-13(2,9)10/h7-8H,3-6H2,1-2H3. The van der Waals surface area contributed by atoms with Crippen LogP contribution in [-0.2, 0) is 19.0 Å². The zero-order valence-electron chi connectivity index (χ0n) is 8.02. The Hall–Kier alpha value is -0.130. The molecule has 78 valence electrons. The van der Waals surface area contributed by atoms with Gasteiger partial charge in [-0.1, -0.05) is 13.3 Å². The Labute approximate surface area is 79.3 Å². The average molecular weight is 208 g/mol. The Morgan fingerprint density at radius 2 is 2.15 bits per heavy atom. The van der Waals surface area contributed by atoms with E-state index in [9.17, 15) is 8.42 Å². The van der Waals surface area contributed by atoms with E-state index in [1.165, 1.54) is 0 Å². The van der Waals surface area contributed by atoms with Crippen LogP contribution in [0.25, 0.3) is 0 Å². The average Bonchev–Trinajstić information content (AvgIpc) is 1.91. The zero-order chi connectivity index (χ0) is 9.90. The molecule has 4 nitrogen and oxygen atoms in total. The first-order valence-electron chi connectivity index (χ1n) is 4.45. The molecule has 0 saturated carbocycles. The maximum atomic E-state index is 10.7. The molecule has 0 N–H and O–H groups in total. The highest BCUT2D eigenvalue weighted by molar-refractivity contribution is 7.85. The van der Waals surface area contributed by atoms with Crippen LogP contribution in [0.1, 0.15) is 13.3 Å². The zero-order valence-corrected chi connectivity index (χ0v) is 8.84. The number of hydrogen-bond donors (Lipinski definition) is 0. The maximum absolute atomic E-state index is 10.7. The molecule has 5 heteroatoms. The molecule has 1 unspecified atom stereocenters. The first-order chi connectivity index (χ1) is 6.03. The molecular formula is C8H16O4S. The van der Waals surface area contributed by atoms with E-state index in [2.05, 4.69) is 0 Å². The van der Waals surface area contributed by atoms with Crippen molar-refractivity contribution in [2.45, 2.75) is 13.3 Å². The summed E-state index contributed by atoms with van der Waals surface area (Å²) >= 11 is 0. The first-order valence-corrected chi connectivity index (χ1v) is 6.26. The first kappa shape index (κ1) is 10.9. The van der Waals surface area contributed by atoms with Gasteiger partial charge in [0, 0.05) is 5.92 Å². The van der Waals surface area contributed by atoms with Gasteiger partial charge in [-0.05, 0) is 5.92 Å². The SMILES string of the molecule is CCC(COS(C)(=O)=O)C1COC1. The third kappa shape index (κ3) is 3.62. The molecule has 1 aliphatic rings. The Bertz CT molecular complexity index is 243. The van der Waals surface area contributed by atoms with Crippen LogP contribution in [-0.4, -0.2) is 34.5 Å². The van der Waals surface area contributed by atoms with Crippen molar-refractivity contribution >= 4 is 10.1 Å². The van der Waals surface area contributed by atoms with E-state index in [4.69, 9.17) is 8.92 Å². The minimum absolute atomic E-state index is 0.295. The molecular weight excluding hydrogens is 192 g/mol. The lowest BCUT2D eigenvalue weighted by Crippen LogP contribution is -2.36. The summed E-state index contributed by atoms with van der Waals surface area (Å²) in [6, 6.07) is 0. The van der Waals surface area contributed by atoms with Crippen molar-refractivity contribution < 1.29 is 17.3 Å². The predicted octanol–water partition coefficient (Wildman–Crippen LogP) is 0.635. The monoisotopic (exact) mass is 208 g/mol. The topological polar surface area (TPSA) is 52.6 Å². The van der Waals surface area contributed by atoms with Gasteiger partial charge in [0.2, 0.25) is 0 Å². The molecule has 0 aromatic rings. The van der Waals surface area contributed by atoms with Gasteiger partial charge in [-0.15, -0.1) is 0 Å². The summed E-state index contributed by atoms with van der Waals surface area (Å²) in [6.07, 6.45) is 2.01. The van der Waals surface area contributed by atoms with E-state index in [0.29, 0.717) is 18.4 Å². The molecule has 1 aliphatic heterocycles. The van der Waals surface area contributed by atoms with Crippen molar-refractivity contribution in [2.75, 3.05) is 26.1 Å². The second kappa shape index (κ2) is 4.39. The minimum atomic E-state index is -3.29. The second-order valence-electron chi connectivity index (χ2n) is 3.45. The molecule has 1 saturated heterocycles.